The maximum Gasteiger partial charge on any atom is 0.176 e. The first kappa shape index (κ1) is 14.4. The summed E-state index contributed by atoms with van der Waals surface area (Å²) in [6, 6.07) is 6.53. The summed E-state index contributed by atoms with van der Waals surface area (Å²) in [5.74, 6) is 0.344. The summed E-state index contributed by atoms with van der Waals surface area (Å²) < 4.78 is 0. The van der Waals surface area contributed by atoms with E-state index >= 15 is 0 Å². The van der Waals surface area contributed by atoms with Gasteiger partial charge in [0.2, 0.25) is 0 Å². The molecule has 0 spiro atoms. The second-order valence-electron chi connectivity index (χ2n) is 5.03. The Morgan fingerprint density at radius 3 is 2.74 bits per heavy atom. The van der Waals surface area contributed by atoms with E-state index in [1.54, 1.807) is 24.3 Å². The molecule has 1 saturated heterocycles. The fourth-order valence-corrected chi connectivity index (χ4v) is 3.20. The van der Waals surface area contributed by atoms with Gasteiger partial charge in [-0.3, -0.25) is 9.69 Å². The van der Waals surface area contributed by atoms with Gasteiger partial charge < -0.3 is 5.11 Å². The summed E-state index contributed by atoms with van der Waals surface area (Å²) in [5, 5.41) is 9.97. The molecular weight excluding hydrogens is 258 g/mol. The van der Waals surface area contributed by atoms with Crippen LogP contribution >= 0.6 is 11.8 Å². The zero-order chi connectivity index (χ0) is 13.7. The lowest BCUT2D eigenvalue weighted by Gasteiger charge is -2.19. The molecule has 19 heavy (non-hydrogen) atoms. The smallest absolute Gasteiger partial charge is 0.176 e. The minimum Gasteiger partial charge on any atom is -0.508 e. The van der Waals surface area contributed by atoms with Crippen LogP contribution < -0.4 is 0 Å². The van der Waals surface area contributed by atoms with E-state index in [4.69, 9.17) is 0 Å². The number of ketones is 1. The lowest BCUT2D eigenvalue weighted by Crippen LogP contribution is -2.31. The molecule has 1 N–H and O–H groups in total. The first-order valence-corrected chi connectivity index (χ1v) is 8.05. The van der Waals surface area contributed by atoms with Gasteiger partial charge in [0.05, 0.1) is 6.54 Å². The van der Waals surface area contributed by atoms with Crippen molar-refractivity contribution < 1.29 is 9.90 Å². The lowest BCUT2D eigenvalue weighted by atomic mass is 10.1. The molecule has 0 radical (unpaired) electrons. The minimum atomic E-state index is 0.141. The molecule has 3 nitrogen and oxygen atoms in total. The second kappa shape index (κ2) is 6.96. The summed E-state index contributed by atoms with van der Waals surface area (Å²) >= 11 is 1.94. The Balaban J connectivity index is 1.90. The zero-order valence-corrected chi connectivity index (χ0v) is 12.2. The fourth-order valence-electron chi connectivity index (χ4n) is 2.46. The predicted octanol–water partition coefficient (Wildman–Crippen LogP) is 2.79. The normalized spacial score (nSPS) is 21.0. The van der Waals surface area contributed by atoms with Crippen LogP contribution in [0.3, 0.4) is 0 Å². The minimum absolute atomic E-state index is 0.141. The highest BCUT2D eigenvalue weighted by Crippen LogP contribution is 2.21. The molecule has 0 aliphatic carbocycles. The third-order valence-electron chi connectivity index (χ3n) is 3.66. The first-order valence-electron chi connectivity index (χ1n) is 6.76. The highest BCUT2D eigenvalue weighted by Gasteiger charge is 2.18. The van der Waals surface area contributed by atoms with Crippen LogP contribution in [0.5, 0.6) is 5.75 Å². The summed E-state index contributed by atoms with van der Waals surface area (Å²) in [7, 11) is 0. The van der Waals surface area contributed by atoms with Gasteiger partial charge in [-0.25, -0.2) is 0 Å². The van der Waals surface area contributed by atoms with Crippen LogP contribution in [0.4, 0.5) is 0 Å². The topological polar surface area (TPSA) is 40.5 Å². The highest BCUT2D eigenvalue weighted by molar-refractivity contribution is 7.99. The highest BCUT2D eigenvalue weighted by atomic mass is 32.2. The largest absolute Gasteiger partial charge is 0.508 e. The SMILES string of the molecule is CSC1CCCN(CC(=O)c2ccc(O)cc2)CC1. The van der Waals surface area contributed by atoms with E-state index in [1.165, 1.54) is 19.3 Å². The molecular formula is C15H21NO2S. The van der Waals surface area contributed by atoms with Gasteiger partial charge in [0.1, 0.15) is 5.75 Å². The fraction of sp³-hybridized carbons (Fsp3) is 0.533. The van der Waals surface area contributed by atoms with E-state index in [0.29, 0.717) is 12.1 Å². The van der Waals surface area contributed by atoms with Crippen molar-refractivity contribution in [1.82, 2.24) is 4.90 Å². The van der Waals surface area contributed by atoms with Crippen molar-refractivity contribution in [2.75, 3.05) is 25.9 Å². The Labute approximate surface area is 119 Å². The number of benzene rings is 1. The number of phenolic OH excluding ortho intramolecular Hbond substituents is 1. The van der Waals surface area contributed by atoms with Gasteiger partial charge in [0.25, 0.3) is 0 Å². The van der Waals surface area contributed by atoms with Crippen molar-refractivity contribution in [2.24, 2.45) is 0 Å². The van der Waals surface area contributed by atoms with Gasteiger partial charge >= 0.3 is 0 Å². The number of thioether (sulfide) groups is 1. The number of Topliss-reactive ketones (excluding diaryl/α,β-unsaturated/α-hetero) is 1. The molecule has 1 atom stereocenters. The molecule has 1 unspecified atom stereocenters. The molecule has 2 rings (SSSR count). The van der Waals surface area contributed by atoms with Crippen LogP contribution in [-0.2, 0) is 0 Å². The van der Waals surface area contributed by atoms with Gasteiger partial charge in [-0.15, -0.1) is 0 Å². The summed E-state index contributed by atoms with van der Waals surface area (Å²) in [4.78, 5) is 14.4. The number of carbonyl (C=O) groups excluding carboxylic acids is 1. The quantitative estimate of drug-likeness (QED) is 0.860. The summed E-state index contributed by atoms with van der Waals surface area (Å²) in [6.45, 7) is 2.52. The number of rotatable bonds is 4. The Hall–Kier alpha value is -1.00. The second-order valence-corrected chi connectivity index (χ2v) is 6.17. The van der Waals surface area contributed by atoms with Crippen LogP contribution in [0.25, 0.3) is 0 Å². The Kier molecular flexibility index (Phi) is 5.28. The molecule has 104 valence electrons. The predicted molar refractivity (Wildman–Crippen MR) is 80.0 cm³/mol. The van der Waals surface area contributed by atoms with E-state index in [-0.39, 0.29) is 11.5 Å². The Morgan fingerprint density at radius 1 is 1.32 bits per heavy atom. The summed E-state index contributed by atoms with van der Waals surface area (Å²) in [6.07, 6.45) is 5.77. The molecule has 1 aliphatic rings. The van der Waals surface area contributed by atoms with E-state index in [9.17, 15) is 9.90 Å². The van der Waals surface area contributed by atoms with Gasteiger partial charge in [0, 0.05) is 10.8 Å². The van der Waals surface area contributed by atoms with Gasteiger partial charge in [0.15, 0.2) is 5.78 Å². The standard InChI is InChI=1S/C15H21NO2S/c1-19-14-3-2-9-16(10-8-14)11-15(18)12-4-6-13(17)7-5-12/h4-7,14,17H,2-3,8-11H2,1H3. The first-order chi connectivity index (χ1) is 9.19. The monoisotopic (exact) mass is 279 g/mol. The molecule has 0 aromatic heterocycles. The molecule has 1 aliphatic heterocycles. The molecule has 1 aromatic carbocycles. The third-order valence-corrected chi connectivity index (χ3v) is 4.80. The van der Waals surface area contributed by atoms with Crippen LogP contribution in [0.15, 0.2) is 24.3 Å². The summed E-state index contributed by atoms with van der Waals surface area (Å²) in [5.41, 5.74) is 0.684. The third kappa shape index (κ3) is 4.25. The molecule has 1 fully saturated rings. The van der Waals surface area contributed by atoms with Crippen molar-refractivity contribution in [3.05, 3.63) is 29.8 Å². The van der Waals surface area contributed by atoms with E-state index in [0.717, 1.165) is 18.3 Å². The number of nitrogens with zero attached hydrogens (tertiary/aromatic N) is 1. The average Bonchev–Trinajstić information content (AvgIpc) is 2.64. The van der Waals surface area contributed by atoms with Crippen LogP contribution in [0.2, 0.25) is 0 Å². The molecule has 0 saturated carbocycles. The Bertz CT molecular complexity index is 419. The van der Waals surface area contributed by atoms with Crippen molar-refractivity contribution in [2.45, 2.75) is 24.5 Å². The molecule has 1 aromatic rings. The van der Waals surface area contributed by atoms with E-state index in [1.807, 2.05) is 11.8 Å². The number of aromatic hydroxyl groups is 1. The molecule has 0 amide bonds. The van der Waals surface area contributed by atoms with Gasteiger partial charge in [-0.05, 0) is 62.9 Å². The van der Waals surface area contributed by atoms with Crippen molar-refractivity contribution in [3.8, 4) is 5.75 Å². The van der Waals surface area contributed by atoms with E-state index in [2.05, 4.69) is 11.2 Å². The van der Waals surface area contributed by atoms with Gasteiger partial charge in [-0.1, -0.05) is 0 Å². The maximum atomic E-state index is 12.2. The van der Waals surface area contributed by atoms with Crippen molar-refractivity contribution in [3.63, 3.8) is 0 Å². The van der Waals surface area contributed by atoms with Crippen LogP contribution in [0.1, 0.15) is 29.6 Å². The molecule has 4 heteroatoms. The molecule has 1 heterocycles. The van der Waals surface area contributed by atoms with Crippen molar-refractivity contribution in [1.29, 1.82) is 0 Å². The number of phenols is 1. The van der Waals surface area contributed by atoms with Crippen LogP contribution in [0, 0.1) is 0 Å². The number of hydrogen-bond donors (Lipinski definition) is 1. The van der Waals surface area contributed by atoms with Crippen molar-refractivity contribution >= 4 is 17.5 Å². The van der Waals surface area contributed by atoms with E-state index < -0.39 is 0 Å². The average molecular weight is 279 g/mol. The number of hydrogen-bond acceptors (Lipinski definition) is 4. The zero-order valence-electron chi connectivity index (χ0n) is 11.3. The Morgan fingerprint density at radius 2 is 2.05 bits per heavy atom. The number of carbonyl (C=O) groups is 1. The lowest BCUT2D eigenvalue weighted by molar-refractivity contribution is 0.0933. The van der Waals surface area contributed by atoms with Gasteiger partial charge in [-0.2, -0.15) is 11.8 Å². The number of likely N-dealkylation sites (tertiary alicyclic amines) is 1. The molecule has 0 bridgehead atoms. The maximum absolute atomic E-state index is 12.2. The van der Waals surface area contributed by atoms with Crippen LogP contribution in [-0.4, -0.2) is 46.9 Å².